The normalized spacial score (nSPS) is 11.3. The summed E-state index contributed by atoms with van der Waals surface area (Å²) in [7, 11) is 0. The third-order valence-electron chi connectivity index (χ3n) is 4.31. The first-order chi connectivity index (χ1) is 12.0. The van der Waals surface area contributed by atoms with Crippen molar-refractivity contribution in [3.05, 3.63) is 78.7 Å². The van der Waals surface area contributed by atoms with Gasteiger partial charge in [0.15, 0.2) is 0 Å². The second kappa shape index (κ2) is 5.27. The van der Waals surface area contributed by atoms with Gasteiger partial charge < -0.3 is 4.98 Å². The molecule has 3 heterocycles. The molecule has 1 aromatic carbocycles. The molecule has 0 aliphatic rings. The molecule has 124 valence electrons. The second-order valence-corrected chi connectivity index (χ2v) is 5.95. The topological polar surface area (TPSA) is 101 Å². The van der Waals surface area contributed by atoms with E-state index in [4.69, 9.17) is 0 Å². The predicted octanol–water partition coefficient (Wildman–Crippen LogP) is 1.53. The molecule has 0 amide bonds. The summed E-state index contributed by atoms with van der Waals surface area (Å²) in [5, 5.41) is 3.87. The Labute approximate surface area is 140 Å². The number of aryl methyl sites for hydroxylation is 2. The average Bonchev–Trinajstić information content (AvgIpc) is 2.59. The van der Waals surface area contributed by atoms with Crippen molar-refractivity contribution in [3.63, 3.8) is 0 Å². The fourth-order valence-corrected chi connectivity index (χ4v) is 3.12. The third kappa shape index (κ3) is 2.20. The van der Waals surface area contributed by atoms with E-state index in [1.165, 1.54) is 6.07 Å². The molecule has 7 heteroatoms. The van der Waals surface area contributed by atoms with Crippen molar-refractivity contribution >= 4 is 21.8 Å². The number of nitrogens with zero attached hydrogens (tertiary/aromatic N) is 2. The Kier molecular flexibility index (Phi) is 3.18. The summed E-state index contributed by atoms with van der Waals surface area (Å²) in [6, 6.07) is 8.32. The lowest BCUT2D eigenvalue weighted by molar-refractivity contribution is 0.803. The molecule has 0 aliphatic heterocycles. The molecule has 3 aromatic heterocycles. The van der Waals surface area contributed by atoms with Crippen LogP contribution in [0.1, 0.15) is 11.1 Å². The van der Waals surface area contributed by atoms with Gasteiger partial charge in [0, 0.05) is 17.6 Å². The molecule has 0 radical (unpaired) electrons. The number of aromatic nitrogens is 4. The van der Waals surface area contributed by atoms with Crippen molar-refractivity contribution in [3.8, 4) is 5.69 Å². The van der Waals surface area contributed by atoms with Crippen molar-refractivity contribution in [2.75, 3.05) is 0 Å². The number of nitrogens with one attached hydrogen (secondary N) is 2. The first kappa shape index (κ1) is 15.1. The zero-order valence-corrected chi connectivity index (χ0v) is 13.6. The molecule has 0 spiro atoms. The first-order valence-corrected chi connectivity index (χ1v) is 7.71. The van der Waals surface area contributed by atoms with Crippen molar-refractivity contribution in [2.45, 2.75) is 13.8 Å². The number of H-pyrrole nitrogens is 2. The maximum absolute atomic E-state index is 13.1. The van der Waals surface area contributed by atoms with Gasteiger partial charge in [-0.15, -0.1) is 0 Å². The lowest BCUT2D eigenvalue weighted by Gasteiger charge is -2.11. The quantitative estimate of drug-likeness (QED) is 0.551. The Morgan fingerprint density at radius 1 is 1.00 bits per heavy atom. The van der Waals surface area contributed by atoms with Crippen molar-refractivity contribution in [2.24, 2.45) is 0 Å². The van der Waals surface area contributed by atoms with Crippen LogP contribution in [-0.2, 0) is 0 Å². The van der Waals surface area contributed by atoms with E-state index < -0.39 is 5.56 Å². The summed E-state index contributed by atoms with van der Waals surface area (Å²) >= 11 is 0. The number of pyridine rings is 2. The van der Waals surface area contributed by atoms with Gasteiger partial charge in [0.05, 0.1) is 16.5 Å². The number of benzene rings is 1. The van der Waals surface area contributed by atoms with Gasteiger partial charge in [-0.2, -0.15) is 0 Å². The van der Waals surface area contributed by atoms with E-state index in [2.05, 4.69) is 15.1 Å². The van der Waals surface area contributed by atoms with Gasteiger partial charge in [-0.3, -0.25) is 19.5 Å². The Bertz CT molecular complexity index is 1330. The van der Waals surface area contributed by atoms with Crippen molar-refractivity contribution < 1.29 is 0 Å². The minimum atomic E-state index is -0.407. The molecule has 0 saturated heterocycles. The van der Waals surface area contributed by atoms with Gasteiger partial charge in [0.1, 0.15) is 5.65 Å². The Morgan fingerprint density at radius 3 is 2.48 bits per heavy atom. The molecule has 2 N–H and O–H groups in total. The van der Waals surface area contributed by atoms with E-state index in [1.807, 2.05) is 6.07 Å². The maximum Gasteiger partial charge on any atom is 0.278 e. The van der Waals surface area contributed by atoms with Gasteiger partial charge in [-0.1, -0.05) is 12.1 Å². The number of rotatable bonds is 1. The van der Waals surface area contributed by atoms with Crippen LogP contribution in [0, 0.1) is 13.8 Å². The monoisotopic (exact) mass is 334 g/mol. The van der Waals surface area contributed by atoms with Crippen LogP contribution in [0.4, 0.5) is 0 Å². The van der Waals surface area contributed by atoms with Gasteiger partial charge in [-0.25, -0.2) is 9.67 Å². The van der Waals surface area contributed by atoms with Gasteiger partial charge in [0.2, 0.25) is 0 Å². The fourth-order valence-electron chi connectivity index (χ4n) is 3.12. The Morgan fingerprint density at radius 2 is 1.72 bits per heavy atom. The molecule has 0 bridgehead atoms. The maximum atomic E-state index is 13.1. The van der Waals surface area contributed by atoms with Gasteiger partial charge in [-0.05, 0) is 37.1 Å². The fraction of sp³-hybridized carbons (Fsp3) is 0.111. The summed E-state index contributed by atoms with van der Waals surface area (Å²) in [6.45, 7) is 3.57. The molecule has 0 atom stereocenters. The highest BCUT2D eigenvalue weighted by atomic mass is 16.2. The SMILES string of the molecule is Cc1ccc(C)c2c(=O)n(-c3cc(=O)[nH]c4ncccc34)[nH]c(=O)c12. The predicted molar refractivity (Wildman–Crippen MR) is 95.6 cm³/mol. The number of fused-ring (bicyclic) bond motifs is 2. The van der Waals surface area contributed by atoms with Gasteiger partial charge in [0.25, 0.3) is 16.7 Å². The van der Waals surface area contributed by atoms with Crippen LogP contribution < -0.4 is 16.7 Å². The molecule has 25 heavy (non-hydrogen) atoms. The van der Waals surface area contributed by atoms with E-state index in [-0.39, 0.29) is 16.8 Å². The largest absolute Gasteiger partial charge is 0.306 e. The summed E-state index contributed by atoms with van der Waals surface area (Å²) in [5.74, 6) is 0. The summed E-state index contributed by atoms with van der Waals surface area (Å²) in [4.78, 5) is 44.4. The van der Waals surface area contributed by atoms with Crippen molar-refractivity contribution in [1.82, 2.24) is 19.7 Å². The lowest BCUT2D eigenvalue weighted by Crippen LogP contribution is -2.30. The standard InChI is InChI=1S/C18H14N4O3/c1-9-5-6-10(2)15-14(9)17(24)21-22(18(15)25)12-8-13(23)20-16-11(12)4-3-7-19-16/h3-8H,1-2H3,(H,21,24)(H,19,20,23). The minimum absolute atomic E-state index is 0.289. The van der Waals surface area contributed by atoms with E-state index in [0.29, 0.717) is 27.4 Å². The van der Waals surface area contributed by atoms with E-state index in [9.17, 15) is 14.4 Å². The number of hydrogen-bond acceptors (Lipinski definition) is 4. The molecule has 0 saturated carbocycles. The highest BCUT2D eigenvalue weighted by Crippen LogP contribution is 2.18. The molecular weight excluding hydrogens is 320 g/mol. The molecule has 0 fully saturated rings. The minimum Gasteiger partial charge on any atom is -0.306 e. The first-order valence-electron chi connectivity index (χ1n) is 7.71. The summed E-state index contributed by atoms with van der Waals surface area (Å²) in [6.07, 6.45) is 1.54. The summed E-state index contributed by atoms with van der Waals surface area (Å²) < 4.78 is 1.12. The average molecular weight is 334 g/mol. The van der Waals surface area contributed by atoms with Crippen LogP contribution in [0.25, 0.3) is 27.5 Å². The lowest BCUT2D eigenvalue weighted by atomic mass is 10.0. The van der Waals surface area contributed by atoms with E-state index >= 15 is 0 Å². The van der Waals surface area contributed by atoms with Crippen LogP contribution in [0.2, 0.25) is 0 Å². The smallest absolute Gasteiger partial charge is 0.278 e. The zero-order chi connectivity index (χ0) is 17.7. The third-order valence-corrected chi connectivity index (χ3v) is 4.31. The number of aromatic amines is 2. The second-order valence-electron chi connectivity index (χ2n) is 5.95. The molecule has 4 aromatic rings. The molecule has 7 nitrogen and oxygen atoms in total. The van der Waals surface area contributed by atoms with Crippen LogP contribution >= 0.6 is 0 Å². The molecule has 0 unspecified atom stereocenters. The highest BCUT2D eigenvalue weighted by Gasteiger charge is 2.15. The van der Waals surface area contributed by atoms with Crippen LogP contribution in [0.5, 0.6) is 0 Å². The number of hydrogen-bond donors (Lipinski definition) is 2. The van der Waals surface area contributed by atoms with E-state index in [1.54, 1.807) is 38.2 Å². The van der Waals surface area contributed by atoms with Crippen LogP contribution in [0.3, 0.4) is 0 Å². The molecule has 0 aliphatic carbocycles. The van der Waals surface area contributed by atoms with Gasteiger partial charge >= 0.3 is 0 Å². The summed E-state index contributed by atoms with van der Waals surface area (Å²) in [5.41, 5.74) is 0.895. The zero-order valence-electron chi connectivity index (χ0n) is 13.6. The van der Waals surface area contributed by atoms with Crippen molar-refractivity contribution in [1.29, 1.82) is 0 Å². The Hall–Kier alpha value is -3.48. The van der Waals surface area contributed by atoms with Crippen LogP contribution in [0.15, 0.2) is 50.9 Å². The van der Waals surface area contributed by atoms with E-state index in [0.717, 1.165) is 10.2 Å². The highest BCUT2D eigenvalue weighted by molar-refractivity contribution is 5.88. The Balaban J connectivity index is 2.23. The molecule has 4 rings (SSSR count). The molecular formula is C18H14N4O3. The van der Waals surface area contributed by atoms with Crippen LogP contribution in [-0.4, -0.2) is 19.7 Å².